The van der Waals surface area contributed by atoms with Crippen LogP contribution in [-0.2, 0) is 24.8 Å². The summed E-state index contributed by atoms with van der Waals surface area (Å²) in [6.45, 7) is 1.86. The lowest BCUT2D eigenvalue weighted by molar-refractivity contribution is 0.0600. The fraction of sp³-hybridized carbons (Fsp3) is 0.265. The normalized spacial score (nSPS) is 18.2. The number of benzene rings is 3. The van der Waals surface area contributed by atoms with Crippen LogP contribution in [0.5, 0.6) is 0 Å². The van der Waals surface area contributed by atoms with Crippen LogP contribution in [0.1, 0.15) is 50.9 Å². The van der Waals surface area contributed by atoms with E-state index < -0.39 is 49.6 Å². The Morgan fingerprint density at radius 2 is 1.38 bits per heavy atom. The van der Waals surface area contributed by atoms with Crippen LogP contribution in [0.3, 0.4) is 0 Å². The van der Waals surface area contributed by atoms with Crippen LogP contribution in [0.15, 0.2) is 94.6 Å². The number of hydrogen-bond acceptors (Lipinski definition) is 8. The van der Waals surface area contributed by atoms with Gasteiger partial charge in [-0.25, -0.2) is 25.9 Å². The SMILES string of the molecule is CCS(=O)(=O)N1CCN(C(=O)c2ccc3n(c2=O)[C@@H](c2ccc(Cl)cc2)[C@@H](c2ccc(Cl)cc2)N3S(=O)(=O)c2cccc(C(=O)OC)c2)CC1. The number of piperazine rings is 1. The van der Waals surface area contributed by atoms with Crippen molar-refractivity contribution in [2.45, 2.75) is 23.9 Å². The van der Waals surface area contributed by atoms with Gasteiger partial charge in [0, 0.05) is 36.2 Å². The summed E-state index contributed by atoms with van der Waals surface area (Å²) in [5.74, 6) is -1.43. The number of ether oxygens (including phenoxy) is 1. The second kappa shape index (κ2) is 13.8. The number of hydrogen-bond donors (Lipinski definition) is 0. The molecular weight excluding hydrogens is 727 g/mol. The monoisotopic (exact) mass is 758 g/mol. The quantitative estimate of drug-likeness (QED) is 0.238. The van der Waals surface area contributed by atoms with Crippen LogP contribution in [0.4, 0.5) is 5.82 Å². The number of anilines is 1. The van der Waals surface area contributed by atoms with Crippen molar-refractivity contribution in [3.05, 3.63) is 128 Å². The number of rotatable bonds is 8. The number of carbonyl (C=O) groups is 2. The van der Waals surface area contributed by atoms with Crippen LogP contribution < -0.4 is 9.86 Å². The molecule has 1 fully saturated rings. The number of sulfonamides is 2. The van der Waals surface area contributed by atoms with E-state index in [4.69, 9.17) is 27.9 Å². The van der Waals surface area contributed by atoms with E-state index in [9.17, 15) is 31.2 Å². The van der Waals surface area contributed by atoms with E-state index in [0.717, 1.165) is 4.31 Å². The fourth-order valence-corrected chi connectivity index (χ4v) is 9.37. The average molecular weight is 760 g/mol. The van der Waals surface area contributed by atoms with Gasteiger partial charge in [-0.1, -0.05) is 53.5 Å². The van der Waals surface area contributed by atoms with Crippen molar-refractivity contribution >= 4 is 60.9 Å². The highest BCUT2D eigenvalue weighted by molar-refractivity contribution is 7.92. The third kappa shape index (κ3) is 6.42. The number of methoxy groups -OCH3 is 1. The van der Waals surface area contributed by atoms with E-state index in [1.54, 1.807) is 55.5 Å². The first-order valence-electron chi connectivity index (χ1n) is 15.5. The Morgan fingerprint density at radius 1 is 0.800 bits per heavy atom. The summed E-state index contributed by atoms with van der Waals surface area (Å²) in [4.78, 5) is 42.0. The first-order chi connectivity index (χ1) is 23.8. The van der Waals surface area contributed by atoms with Crippen LogP contribution in [-0.4, -0.2) is 81.5 Å². The van der Waals surface area contributed by atoms with Crippen molar-refractivity contribution in [1.29, 1.82) is 0 Å². The van der Waals surface area contributed by atoms with Gasteiger partial charge in [0.1, 0.15) is 11.4 Å². The summed E-state index contributed by atoms with van der Waals surface area (Å²) < 4.78 is 62.8. The van der Waals surface area contributed by atoms with E-state index in [2.05, 4.69) is 0 Å². The molecule has 16 heteroatoms. The van der Waals surface area contributed by atoms with Crippen molar-refractivity contribution in [3.63, 3.8) is 0 Å². The molecule has 0 N–H and O–H groups in total. The molecule has 12 nitrogen and oxygen atoms in total. The van der Waals surface area contributed by atoms with E-state index in [1.165, 1.54) is 57.3 Å². The molecule has 3 aromatic carbocycles. The Balaban J connectivity index is 1.53. The number of esters is 1. The van der Waals surface area contributed by atoms with Gasteiger partial charge in [0.15, 0.2) is 0 Å². The molecule has 0 bridgehead atoms. The van der Waals surface area contributed by atoms with E-state index >= 15 is 0 Å². The Kier molecular flexibility index (Phi) is 9.85. The lowest BCUT2D eigenvalue weighted by atomic mass is 9.94. The van der Waals surface area contributed by atoms with Crippen molar-refractivity contribution < 1.29 is 31.2 Å². The Morgan fingerprint density at radius 3 is 1.94 bits per heavy atom. The number of halogens is 2. The zero-order chi connectivity index (χ0) is 36.0. The first-order valence-corrected chi connectivity index (χ1v) is 19.4. The number of fused-ring (bicyclic) bond motifs is 1. The van der Waals surface area contributed by atoms with Crippen LogP contribution in [0.25, 0.3) is 0 Å². The van der Waals surface area contributed by atoms with Gasteiger partial charge in [0.05, 0.1) is 35.4 Å². The lowest BCUT2D eigenvalue weighted by Crippen LogP contribution is -2.51. The van der Waals surface area contributed by atoms with Crippen molar-refractivity contribution in [2.24, 2.45) is 0 Å². The van der Waals surface area contributed by atoms with Crippen LogP contribution >= 0.6 is 23.2 Å². The molecule has 2 atom stereocenters. The Bertz CT molecular complexity index is 2240. The van der Waals surface area contributed by atoms with E-state index in [0.29, 0.717) is 21.2 Å². The third-order valence-corrected chi connectivity index (χ3v) is 13.1. The molecule has 0 unspecified atom stereocenters. The summed E-state index contributed by atoms with van der Waals surface area (Å²) >= 11 is 12.5. The molecule has 2 aliphatic heterocycles. The molecule has 50 heavy (non-hydrogen) atoms. The molecule has 1 aromatic heterocycles. The molecule has 3 heterocycles. The lowest BCUT2D eigenvalue weighted by Gasteiger charge is -2.33. The van der Waals surface area contributed by atoms with Gasteiger partial charge in [-0.2, -0.15) is 4.31 Å². The third-order valence-electron chi connectivity index (χ3n) is 8.90. The highest BCUT2D eigenvalue weighted by atomic mass is 35.5. The smallest absolute Gasteiger partial charge is 0.337 e. The van der Waals surface area contributed by atoms with Gasteiger partial charge in [0.25, 0.3) is 21.5 Å². The molecule has 2 aliphatic rings. The second-order valence-corrected chi connectivity index (χ2v) is 16.6. The maximum Gasteiger partial charge on any atom is 0.337 e. The topological polar surface area (TPSA) is 143 Å². The molecule has 0 spiro atoms. The van der Waals surface area contributed by atoms with Crippen molar-refractivity contribution in [3.8, 4) is 0 Å². The average Bonchev–Trinajstić information content (AvgIpc) is 3.48. The summed E-state index contributed by atoms with van der Waals surface area (Å²) in [7, 11) is -6.79. The maximum absolute atomic E-state index is 14.7. The summed E-state index contributed by atoms with van der Waals surface area (Å²) in [5.41, 5.74) is 0.0838. The van der Waals surface area contributed by atoms with Gasteiger partial charge < -0.3 is 9.64 Å². The van der Waals surface area contributed by atoms with Gasteiger partial charge in [-0.3, -0.25) is 14.2 Å². The summed E-state index contributed by atoms with van der Waals surface area (Å²) in [5, 5.41) is 0.823. The van der Waals surface area contributed by atoms with Crippen LogP contribution in [0, 0.1) is 0 Å². The Labute approximate surface area is 299 Å². The van der Waals surface area contributed by atoms with Crippen LogP contribution in [0.2, 0.25) is 10.0 Å². The standard InChI is InChI=1S/C34H32Cl2N4O8S2/c1-3-49(44,45)38-19-17-37(18-20-38)32(41)28-15-16-29-39(33(28)42)30(22-7-11-25(35)12-8-22)31(23-9-13-26(36)14-10-23)40(29)50(46,47)27-6-4-5-24(21-27)34(43)48-2/h4-16,21,30-31H,3,17-20H2,1-2H3/t30-,31+/m0/s1. The van der Waals surface area contributed by atoms with Crippen molar-refractivity contribution in [1.82, 2.24) is 13.8 Å². The highest BCUT2D eigenvalue weighted by Crippen LogP contribution is 2.49. The zero-order valence-corrected chi connectivity index (χ0v) is 30.0. The summed E-state index contributed by atoms with van der Waals surface area (Å²) in [6, 6.07) is 19.2. The molecular formula is C34H32Cl2N4O8S2. The molecule has 1 saturated heterocycles. The number of aromatic nitrogens is 1. The van der Waals surface area contributed by atoms with Gasteiger partial charge >= 0.3 is 5.97 Å². The maximum atomic E-state index is 14.7. The molecule has 6 rings (SSSR count). The number of carbonyl (C=O) groups excluding carboxylic acids is 2. The molecule has 1 amide bonds. The minimum Gasteiger partial charge on any atom is -0.465 e. The minimum atomic E-state index is -4.52. The van der Waals surface area contributed by atoms with E-state index in [1.807, 2.05) is 0 Å². The van der Waals surface area contributed by atoms with Gasteiger partial charge in [-0.05, 0) is 72.6 Å². The highest BCUT2D eigenvalue weighted by Gasteiger charge is 2.48. The number of pyridine rings is 1. The molecule has 4 aromatic rings. The molecule has 0 radical (unpaired) electrons. The minimum absolute atomic E-state index is 0.00948. The predicted octanol–water partition coefficient (Wildman–Crippen LogP) is 4.59. The Hall–Kier alpha value is -4.21. The van der Waals surface area contributed by atoms with Gasteiger partial charge in [0.2, 0.25) is 10.0 Å². The molecule has 0 aliphatic carbocycles. The zero-order valence-electron chi connectivity index (χ0n) is 26.9. The summed E-state index contributed by atoms with van der Waals surface area (Å²) in [6.07, 6.45) is 0. The number of nitrogens with zero attached hydrogens (tertiary/aromatic N) is 4. The largest absolute Gasteiger partial charge is 0.465 e. The first kappa shape index (κ1) is 35.6. The van der Waals surface area contributed by atoms with Gasteiger partial charge in [-0.15, -0.1) is 0 Å². The molecule has 0 saturated carbocycles. The second-order valence-electron chi connectivity index (χ2n) is 11.7. The fourth-order valence-electron chi connectivity index (χ4n) is 6.35. The molecule has 262 valence electrons. The number of amides is 1. The van der Waals surface area contributed by atoms with E-state index in [-0.39, 0.29) is 53.8 Å². The van der Waals surface area contributed by atoms with Crippen molar-refractivity contribution in [2.75, 3.05) is 43.3 Å². The predicted molar refractivity (Wildman–Crippen MR) is 189 cm³/mol.